The summed E-state index contributed by atoms with van der Waals surface area (Å²) in [5, 5.41) is 15.5. The van der Waals surface area contributed by atoms with Gasteiger partial charge in [-0.3, -0.25) is 14.6 Å². The first-order valence-electron chi connectivity index (χ1n) is 13.0. The number of Topliss-reactive ketones (excluding diaryl/α,β-unsaturated/α-hetero) is 1. The number of aromatic amines is 1. The minimum absolute atomic E-state index is 0.0332. The fourth-order valence-electron chi connectivity index (χ4n) is 4.80. The molecule has 0 bridgehead atoms. The molecule has 0 aliphatic heterocycles. The second-order valence-corrected chi connectivity index (χ2v) is 10.5. The van der Waals surface area contributed by atoms with Crippen molar-refractivity contribution in [2.45, 2.75) is 45.1 Å². The number of thiazole rings is 1. The summed E-state index contributed by atoms with van der Waals surface area (Å²) in [4.78, 5) is 38.1. The minimum atomic E-state index is -0.315. The third-order valence-corrected chi connectivity index (χ3v) is 7.65. The number of amides is 1. The maximum atomic E-state index is 12.9. The monoisotopic (exact) mass is 538 g/mol. The van der Waals surface area contributed by atoms with Gasteiger partial charge in [0.2, 0.25) is 0 Å². The smallest absolute Gasteiger partial charge is 0.263 e. The number of H-pyrrole nitrogens is 1. The summed E-state index contributed by atoms with van der Waals surface area (Å²) in [7, 11) is 0. The van der Waals surface area contributed by atoms with Crippen LogP contribution in [0.4, 0.5) is 0 Å². The van der Waals surface area contributed by atoms with Gasteiger partial charge in [0.25, 0.3) is 5.91 Å². The first-order valence-corrected chi connectivity index (χ1v) is 13.9. The third-order valence-electron chi connectivity index (χ3n) is 6.87. The highest BCUT2D eigenvalue weighted by Crippen LogP contribution is 2.27. The van der Waals surface area contributed by atoms with Crippen LogP contribution in [0, 0.1) is 6.92 Å². The van der Waals surface area contributed by atoms with Gasteiger partial charge in [0.15, 0.2) is 5.78 Å². The molecule has 5 aromatic rings. The molecule has 0 spiro atoms. The molecule has 0 aliphatic rings. The van der Waals surface area contributed by atoms with Crippen LogP contribution in [-0.4, -0.2) is 31.7 Å². The Labute approximate surface area is 231 Å². The van der Waals surface area contributed by atoms with E-state index < -0.39 is 0 Å². The number of unbranched alkanes of at least 4 members (excludes halogenated alkanes) is 2. The van der Waals surface area contributed by atoms with Gasteiger partial charge in [-0.25, -0.2) is 4.98 Å². The van der Waals surface area contributed by atoms with Gasteiger partial charge in [-0.15, -0.1) is 11.3 Å². The maximum absolute atomic E-state index is 12.9. The summed E-state index contributed by atoms with van der Waals surface area (Å²) in [5.41, 5.74) is 4.74. The molecule has 8 heteroatoms. The van der Waals surface area contributed by atoms with E-state index >= 15 is 0 Å². The van der Waals surface area contributed by atoms with Crippen molar-refractivity contribution in [3.63, 3.8) is 0 Å². The molecule has 0 unspecified atom stereocenters. The molecule has 2 heterocycles. The lowest BCUT2D eigenvalue weighted by molar-refractivity contribution is 0.0935. The number of aromatic nitrogens is 3. The summed E-state index contributed by atoms with van der Waals surface area (Å²) < 4.78 is 0. The molecule has 0 saturated carbocycles. The van der Waals surface area contributed by atoms with E-state index in [0.29, 0.717) is 35.5 Å². The van der Waals surface area contributed by atoms with Gasteiger partial charge in [0.05, 0.1) is 35.2 Å². The van der Waals surface area contributed by atoms with Crippen LogP contribution in [0.3, 0.4) is 0 Å². The van der Waals surface area contributed by atoms with E-state index in [4.69, 9.17) is 0 Å². The van der Waals surface area contributed by atoms with Gasteiger partial charge >= 0.3 is 0 Å². The van der Waals surface area contributed by atoms with E-state index in [1.54, 1.807) is 30.0 Å². The van der Waals surface area contributed by atoms with Crippen molar-refractivity contribution in [3.05, 3.63) is 100 Å². The van der Waals surface area contributed by atoms with Crippen LogP contribution in [-0.2, 0) is 0 Å². The number of ketones is 1. The lowest BCUT2D eigenvalue weighted by Crippen LogP contribution is -2.28. The maximum Gasteiger partial charge on any atom is 0.263 e. The second-order valence-electron chi connectivity index (χ2n) is 9.63. The number of fused-ring (bicyclic) bond motifs is 1. The number of nitrogens with one attached hydrogen (secondary N) is 2. The molecule has 3 N–H and O–H groups in total. The van der Waals surface area contributed by atoms with Crippen molar-refractivity contribution < 1.29 is 14.7 Å². The van der Waals surface area contributed by atoms with Crippen LogP contribution in [0.5, 0.6) is 5.75 Å². The van der Waals surface area contributed by atoms with E-state index in [2.05, 4.69) is 50.6 Å². The summed E-state index contributed by atoms with van der Waals surface area (Å²) in [6.45, 7) is 1.83. The van der Waals surface area contributed by atoms with Gasteiger partial charge in [0, 0.05) is 12.0 Å². The summed E-state index contributed by atoms with van der Waals surface area (Å²) in [6, 6.07) is 19.3. The van der Waals surface area contributed by atoms with Crippen LogP contribution in [0.2, 0.25) is 0 Å². The molecule has 7 nitrogen and oxygen atoms in total. The molecule has 1 amide bonds. The normalized spacial score (nSPS) is 11.9. The van der Waals surface area contributed by atoms with Gasteiger partial charge in [0.1, 0.15) is 16.5 Å². The summed E-state index contributed by atoms with van der Waals surface area (Å²) in [6.07, 6.45) is 6.70. The first kappa shape index (κ1) is 26.3. The molecule has 39 heavy (non-hydrogen) atoms. The highest BCUT2D eigenvalue weighted by atomic mass is 32.1. The van der Waals surface area contributed by atoms with Crippen molar-refractivity contribution >= 4 is 33.8 Å². The lowest BCUT2D eigenvalue weighted by atomic mass is 9.98. The Morgan fingerprint density at radius 1 is 1.00 bits per heavy atom. The number of aryl methyl sites for hydroxylation is 1. The molecule has 1 atom stereocenters. The number of phenols is 1. The van der Waals surface area contributed by atoms with Gasteiger partial charge in [-0.2, -0.15) is 0 Å². The molecule has 0 saturated heterocycles. The molecule has 0 radical (unpaired) electrons. The van der Waals surface area contributed by atoms with Crippen LogP contribution in [0.1, 0.15) is 69.6 Å². The number of carbonyl (C=O) groups excluding carboxylic acids is 2. The zero-order valence-corrected chi connectivity index (χ0v) is 22.5. The molecule has 2 aromatic heterocycles. The van der Waals surface area contributed by atoms with Crippen LogP contribution < -0.4 is 5.32 Å². The van der Waals surface area contributed by atoms with Crippen molar-refractivity contribution in [1.29, 1.82) is 0 Å². The molecule has 3 aromatic carbocycles. The van der Waals surface area contributed by atoms with E-state index in [1.165, 1.54) is 16.7 Å². The number of imidazole rings is 1. The second kappa shape index (κ2) is 12.0. The summed E-state index contributed by atoms with van der Waals surface area (Å²) in [5.74, 6) is 0.492. The average Bonchev–Trinajstić information content (AvgIpc) is 3.65. The van der Waals surface area contributed by atoms with E-state index in [9.17, 15) is 14.7 Å². The van der Waals surface area contributed by atoms with Crippen LogP contribution in [0.25, 0.3) is 22.0 Å². The van der Waals surface area contributed by atoms with Crippen molar-refractivity contribution in [1.82, 2.24) is 20.3 Å². The summed E-state index contributed by atoms with van der Waals surface area (Å²) >= 11 is 1.30. The number of aromatic hydroxyl groups is 1. The number of nitrogens with zero attached hydrogens (tertiary/aromatic N) is 2. The molecule has 5 rings (SSSR count). The fraction of sp³-hybridized carbons (Fsp3) is 0.226. The number of phenolic OH excluding ortho intramolecular Hbond substituents is 1. The van der Waals surface area contributed by atoms with E-state index in [-0.39, 0.29) is 23.5 Å². The highest BCUT2D eigenvalue weighted by Gasteiger charge is 2.20. The molecule has 0 aliphatic carbocycles. The Balaban J connectivity index is 1.25. The Morgan fingerprint density at radius 3 is 2.64 bits per heavy atom. The zero-order valence-electron chi connectivity index (χ0n) is 21.7. The third kappa shape index (κ3) is 6.23. The number of carbonyl (C=O) groups is 2. The SMILES string of the molecule is Cc1cccc(O)c1C(=O)CCCCC[C@H](NC(=O)c1cncs1)c1ncc(-c2ccc3ccccc3c2)[nH]1. The number of benzene rings is 3. The molecular formula is C31H30N4O3S. The van der Waals surface area contributed by atoms with Crippen LogP contribution >= 0.6 is 11.3 Å². The average molecular weight is 539 g/mol. The predicted octanol–water partition coefficient (Wildman–Crippen LogP) is 7.00. The van der Waals surface area contributed by atoms with E-state index in [0.717, 1.165) is 35.0 Å². The van der Waals surface area contributed by atoms with Crippen molar-refractivity contribution in [3.8, 4) is 17.0 Å². The van der Waals surface area contributed by atoms with Crippen molar-refractivity contribution in [2.24, 2.45) is 0 Å². The van der Waals surface area contributed by atoms with Crippen LogP contribution in [0.15, 0.2) is 78.6 Å². The quantitative estimate of drug-likeness (QED) is 0.124. The predicted molar refractivity (Wildman–Crippen MR) is 154 cm³/mol. The number of hydrogen-bond donors (Lipinski definition) is 3. The van der Waals surface area contributed by atoms with Gasteiger partial charge in [-0.05, 0) is 48.2 Å². The number of hydrogen-bond acceptors (Lipinski definition) is 6. The largest absolute Gasteiger partial charge is 0.507 e. The lowest BCUT2D eigenvalue weighted by Gasteiger charge is -2.16. The Hall–Kier alpha value is -4.30. The minimum Gasteiger partial charge on any atom is -0.507 e. The first-order chi connectivity index (χ1) is 19.0. The Morgan fingerprint density at radius 2 is 1.85 bits per heavy atom. The molecule has 0 fully saturated rings. The van der Waals surface area contributed by atoms with Gasteiger partial charge in [-0.1, -0.05) is 61.4 Å². The number of rotatable bonds is 11. The molecular weight excluding hydrogens is 508 g/mol. The van der Waals surface area contributed by atoms with Crippen molar-refractivity contribution in [2.75, 3.05) is 0 Å². The standard InChI is InChI=1S/C31H30N4O3S/c1-20-8-7-13-27(37)29(20)26(36)12-4-2-3-11-24(35-31(38)28-18-32-19-39-28)30-33-17-25(34-30)23-15-14-21-9-5-6-10-22(21)16-23/h5-10,13-19,24,37H,2-4,11-12H2,1H3,(H,33,34)(H,35,38)/t24-/m0/s1. The topological polar surface area (TPSA) is 108 Å². The van der Waals surface area contributed by atoms with Gasteiger partial charge < -0.3 is 15.4 Å². The Kier molecular flexibility index (Phi) is 8.13. The fourth-order valence-corrected chi connectivity index (χ4v) is 5.33. The molecule has 198 valence electrons. The Bertz CT molecular complexity index is 1570. The zero-order chi connectivity index (χ0) is 27.2. The highest BCUT2D eigenvalue weighted by molar-refractivity contribution is 7.11. The van der Waals surface area contributed by atoms with E-state index in [1.807, 2.05) is 25.1 Å².